The minimum absolute atomic E-state index is 0.0276. The van der Waals surface area contributed by atoms with Gasteiger partial charge in [0.25, 0.3) is 0 Å². The average Bonchev–Trinajstić information content (AvgIpc) is 2.27. The van der Waals surface area contributed by atoms with E-state index in [1.165, 1.54) is 0 Å². The van der Waals surface area contributed by atoms with Crippen molar-refractivity contribution in [3.05, 3.63) is 35.9 Å². The second-order valence-electron chi connectivity index (χ2n) is 3.91. The Morgan fingerprint density at radius 3 is 2.60 bits per heavy atom. The third-order valence-corrected chi connectivity index (χ3v) is 2.40. The summed E-state index contributed by atoms with van der Waals surface area (Å²) in [5.74, 6) is 2.57. The smallest absolute Gasteiger partial charge is 0.0992 e. The van der Waals surface area contributed by atoms with Crippen molar-refractivity contribution in [1.29, 1.82) is 0 Å². The van der Waals surface area contributed by atoms with Crippen molar-refractivity contribution >= 4 is 0 Å². The zero-order valence-electron chi connectivity index (χ0n) is 9.20. The van der Waals surface area contributed by atoms with Crippen LogP contribution in [0.15, 0.2) is 30.3 Å². The molecule has 80 valence electrons. The number of hydrogen-bond donors (Lipinski definition) is 2. The van der Waals surface area contributed by atoms with Crippen LogP contribution < -0.4 is 5.32 Å². The Morgan fingerprint density at radius 2 is 2.07 bits per heavy atom. The molecule has 0 aliphatic rings. The lowest BCUT2D eigenvalue weighted by atomic mass is 9.96. The number of aliphatic hydroxyl groups is 1. The van der Waals surface area contributed by atoms with Crippen molar-refractivity contribution in [3.63, 3.8) is 0 Å². The summed E-state index contributed by atoms with van der Waals surface area (Å²) in [6, 6.07) is 9.53. The monoisotopic (exact) mass is 203 g/mol. The summed E-state index contributed by atoms with van der Waals surface area (Å²) in [6.07, 6.45) is 5.25. The van der Waals surface area contributed by atoms with E-state index >= 15 is 0 Å². The van der Waals surface area contributed by atoms with E-state index in [1.54, 1.807) is 6.92 Å². The van der Waals surface area contributed by atoms with Gasteiger partial charge in [0, 0.05) is 6.54 Å². The summed E-state index contributed by atoms with van der Waals surface area (Å²) >= 11 is 0. The Morgan fingerprint density at radius 1 is 1.47 bits per heavy atom. The zero-order chi connectivity index (χ0) is 11.3. The van der Waals surface area contributed by atoms with Crippen LogP contribution in [0.5, 0.6) is 0 Å². The van der Waals surface area contributed by atoms with E-state index < -0.39 is 5.60 Å². The maximum Gasteiger partial charge on any atom is 0.0992 e. The average molecular weight is 203 g/mol. The lowest BCUT2D eigenvalue weighted by molar-refractivity contribution is 0.0560. The molecule has 2 nitrogen and oxygen atoms in total. The number of nitrogens with one attached hydrogen (secondary N) is 1. The molecule has 0 spiro atoms. The van der Waals surface area contributed by atoms with E-state index in [1.807, 2.05) is 37.3 Å². The highest BCUT2D eigenvalue weighted by Crippen LogP contribution is 2.18. The molecule has 0 heterocycles. The Labute approximate surface area is 91.3 Å². The van der Waals surface area contributed by atoms with Gasteiger partial charge in [0.15, 0.2) is 0 Å². The van der Waals surface area contributed by atoms with E-state index in [0.717, 1.165) is 5.56 Å². The summed E-state index contributed by atoms with van der Waals surface area (Å²) in [5.41, 5.74) is 0.00791. The van der Waals surface area contributed by atoms with Gasteiger partial charge in [-0.25, -0.2) is 0 Å². The molecule has 1 aromatic rings. The molecule has 2 N–H and O–H groups in total. The lowest BCUT2D eigenvalue weighted by Gasteiger charge is -2.25. The summed E-state index contributed by atoms with van der Waals surface area (Å²) in [4.78, 5) is 0. The molecule has 1 aromatic carbocycles. The summed E-state index contributed by atoms with van der Waals surface area (Å²) < 4.78 is 0. The maximum absolute atomic E-state index is 10.2. The van der Waals surface area contributed by atoms with Crippen LogP contribution in [0.2, 0.25) is 0 Å². The summed E-state index contributed by atoms with van der Waals surface area (Å²) in [5, 5.41) is 13.3. The molecule has 0 saturated heterocycles. The summed E-state index contributed by atoms with van der Waals surface area (Å²) in [6.45, 7) is 4.11. The second kappa shape index (κ2) is 4.97. The molecule has 0 aliphatic heterocycles. The molecular formula is C13H17NO. The third-order valence-electron chi connectivity index (χ3n) is 2.40. The van der Waals surface area contributed by atoms with Crippen molar-refractivity contribution in [2.75, 3.05) is 6.54 Å². The molecule has 1 rings (SSSR count). The second-order valence-corrected chi connectivity index (χ2v) is 3.91. The van der Waals surface area contributed by atoms with Gasteiger partial charge in [0.2, 0.25) is 0 Å². The van der Waals surface area contributed by atoms with E-state index in [-0.39, 0.29) is 6.04 Å². The van der Waals surface area contributed by atoms with Crippen LogP contribution in [0, 0.1) is 12.3 Å². The van der Waals surface area contributed by atoms with Crippen molar-refractivity contribution in [2.45, 2.75) is 25.5 Å². The first-order valence-corrected chi connectivity index (χ1v) is 5.03. The van der Waals surface area contributed by atoms with E-state index in [2.05, 4.69) is 11.2 Å². The van der Waals surface area contributed by atoms with Crippen molar-refractivity contribution < 1.29 is 5.11 Å². The predicted octanol–water partition coefficient (Wildman–Crippen LogP) is 1.51. The van der Waals surface area contributed by atoms with Crippen molar-refractivity contribution in [1.82, 2.24) is 5.32 Å². The predicted molar refractivity (Wildman–Crippen MR) is 62.3 cm³/mol. The van der Waals surface area contributed by atoms with E-state index in [4.69, 9.17) is 6.42 Å². The molecule has 0 bridgehead atoms. The fraction of sp³-hybridized carbons (Fsp3) is 0.385. The van der Waals surface area contributed by atoms with Crippen molar-refractivity contribution in [3.8, 4) is 12.3 Å². The molecule has 2 unspecified atom stereocenters. The third kappa shape index (κ3) is 3.39. The maximum atomic E-state index is 10.2. The molecule has 0 fully saturated rings. The van der Waals surface area contributed by atoms with E-state index in [9.17, 15) is 5.11 Å². The Balaban J connectivity index is 2.64. The number of hydrogen-bond acceptors (Lipinski definition) is 2. The fourth-order valence-electron chi connectivity index (χ4n) is 1.31. The lowest BCUT2D eigenvalue weighted by Crippen LogP contribution is -2.39. The minimum Gasteiger partial charge on any atom is -0.384 e. The first-order valence-electron chi connectivity index (χ1n) is 5.03. The number of rotatable bonds is 4. The van der Waals surface area contributed by atoms with Gasteiger partial charge in [0.1, 0.15) is 0 Å². The molecule has 0 aromatic heterocycles. The fourth-order valence-corrected chi connectivity index (χ4v) is 1.31. The van der Waals surface area contributed by atoms with Gasteiger partial charge in [-0.1, -0.05) is 36.3 Å². The van der Waals surface area contributed by atoms with Crippen LogP contribution in [-0.2, 0) is 5.60 Å². The SMILES string of the molecule is C#CC(C)NCC(C)(O)c1ccccc1. The standard InChI is InChI=1S/C13H17NO/c1-4-11(2)14-10-13(3,15)12-8-6-5-7-9-12/h1,5-9,11,14-15H,10H2,2-3H3. The van der Waals surface area contributed by atoms with Crippen LogP contribution >= 0.6 is 0 Å². The highest BCUT2D eigenvalue weighted by molar-refractivity contribution is 5.21. The molecular weight excluding hydrogens is 186 g/mol. The van der Waals surface area contributed by atoms with Gasteiger partial charge in [-0.15, -0.1) is 6.42 Å². The topological polar surface area (TPSA) is 32.3 Å². The molecule has 0 radical (unpaired) electrons. The van der Waals surface area contributed by atoms with Gasteiger partial charge in [-0.3, -0.25) is 0 Å². The van der Waals surface area contributed by atoms with Crippen LogP contribution in [0.25, 0.3) is 0 Å². The molecule has 0 amide bonds. The molecule has 2 heteroatoms. The number of benzene rings is 1. The Bertz CT molecular complexity index is 337. The van der Waals surface area contributed by atoms with Gasteiger partial charge in [0.05, 0.1) is 11.6 Å². The largest absolute Gasteiger partial charge is 0.384 e. The summed E-state index contributed by atoms with van der Waals surface area (Å²) in [7, 11) is 0. The van der Waals surface area contributed by atoms with Crippen molar-refractivity contribution in [2.24, 2.45) is 0 Å². The molecule has 15 heavy (non-hydrogen) atoms. The molecule has 2 atom stereocenters. The van der Waals surface area contributed by atoms with Gasteiger partial charge < -0.3 is 10.4 Å². The van der Waals surface area contributed by atoms with Gasteiger partial charge in [-0.05, 0) is 19.4 Å². The Kier molecular flexibility index (Phi) is 3.90. The van der Waals surface area contributed by atoms with Crippen LogP contribution in [0.1, 0.15) is 19.4 Å². The number of terminal acetylenes is 1. The first kappa shape index (κ1) is 11.8. The minimum atomic E-state index is -0.883. The zero-order valence-corrected chi connectivity index (χ0v) is 9.20. The van der Waals surface area contributed by atoms with Gasteiger partial charge in [-0.2, -0.15) is 0 Å². The van der Waals surface area contributed by atoms with Crippen LogP contribution in [0.3, 0.4) is 0 Å². The van der Waals surface area contributed by atoms with Gasteiger partial charge >= 0.3 is 0 Å². The Hall–Kier alpha value is -1.30. The molecule has 0 aliphatic carbocycles. The first-order chi connectivity index (χ1) is 7.06. The highest BCUT2D eigenvalue weighted by Gasteiger charge is 2.22. The quantitative estimate of drug-likeness (QED) is 0.727. The van der Waals surface area contributed by atoms with E-state index in [0.29, 0.717) is 6.54 Å². The molecule has 0 saturated carbocycles. The van der Waals surface area contributed by atoms with Crippen LogP contribution in [-0.4, -0.2) is 17.7 Å². The highest BCUT2D eigenvalue weighted by atomic mass is 16.3. The normalized spacial score (nSPS) is 16.4. The van der Waals surface area contributed by atoms with Crippen LogP contribution in [0.4, 0.5) is 0 Å².